The molecule has 0 aliphatic carbocycles. The monoisotopic (exact) mass is 364 g/mol. The lowest BCUT2D eigenvalue weighted by Gasteiger charge is -2.24. The van der Waals surface area contributed by atoms with Crippen LogP contribution in [-0.2, 0) is 10.0 Å². The third kappa shape index (κ3) is 3.53. The lowest BCUT2D eigenvalue weighted by atomic mass is 10.2. The van der Waals surface area contributed by atoms with Gasteiger partial charge < -0.3 is 5.32 Å². The summed E-state index contributed by atoms with van der Waals surface area (Å²) >= 11 is 1.37. The molecule has 1 fully saturated rings. The molecule has 1 amide bonds. The molecule has 1 unspecified atom stereocenters. The molecule has 1 atom stereocenters. The maximum absolute atomic E-state index is 12.8. The topological polar surface area (TPSA) is 66.5 Å². The van der Waals surface area contributed by atoms with Crippen molar-refractivity contribution in [3.8, 4) is 0 Å². The molecule has 1 saturated heterocycles. The fraction of sp³-hybridized carbons (Fsp3) is 0.353. The van der Waals surface area contributed by atoms with Crippen LogP contribution in [0.25, 0.3) is 0 Å². The van der Waals surface area contributed by atoms with Crippen LogP contribution in [0.3, 0.4) is 0 Å². The average molecular weight is 364 g/mol. The van der Waals surface area contributed by atoms with Crippen LogP contribution < -0.4 is 5.32 Å². The van der Waals surface area contributed by atoms with Crippen molar-refractivity contribution in [2.45, 2.75) is 30.7 Å². The minimum absolute atomic E-state index is 0.149. The number of thiophene rings is 1. The molecule has 1 aliphatic heterocycles. The van der Waals surface area contributed by atoms with Crippen molar-refractivity contribution in [2.24, 2.45) is 0 Å². The summed E-state index contributed by atoms with van der Waals surface area (Å²) in [5, 5.41) is 4.70. The lowest BCUT2D eigenvalue weighted by Crippen LogP contribution is -2.43. The van der Waals surface area contributed by atoms with Crippen molar-refractivity contribution >= 4 is 27.3 Å². The summed E-state index contributed by atoms with van der Waals surface area (Å²) in [5.74, 6) is -0.149. The van der Waals surface area contributed by atoms with Crippen molar-refractivity contribution in [1.82, 2.24) is 9.62 Å². The first-order chi connectivity index (χ1) is 11.5. The molecule has 0 saturated carbocycles. The number of sulfonamides is 1. The van der Waals surface area contributed by atoms with Crippen molar-refractivity contribution in [2.75, 3.05) is 13.1 Å². The highest BCUT2D eigenvalue weighted by atomic mass is 32.2. The Balaban J connectivity index is 1.70. The third-order valence-corrected chi connectivity index (χ3v) is 7.03. The molecule has 1 aromatic heterocycles. The summed E-state index contributed by atoms with van der Waals surface area (Å²) in [6.45, 7) is 2.76. The van der Waals surface area contributed by atoms with E-state index >= 15 is 0 Å². The van der Waals surface area contributed by atoms with Crippen LogP contribution in [0, 0.1) is 6.92 Å². The zero-order chi connectivity index (χ0) is 17.2. The molecular formula is C17H20N2O3S2. The summed E-state index contributed by atoms with van der Waals surface area (Å²) in [6, 6.07) is 10.3. The van der Waals surface area contributed by atoms with Crippen LogP contribution >= 0.6 is 11.3 Å². The van der Waals surface area contributed by atoms with E-state index in [2.05, 4.69) is 5.32 Å². The second-order valence-corrected chi connectivity index (χ2v) is 8.75. The van der Waals surface area contributed by atoms with E-state index in [9.17, 15) is 13.2 Å². The van der Waals surface area contributed by atoms with Gasteiger partial charge in [0.05, 0.1) is 9.77 Å². The van der Waals surface area contributed by atoms with Crippen molar-refractivity contribution in [3.05, 3.63) is 52.2 Å². The predicted molar refractivity (Wildman–Crippen MR) is 94.7 cm³/mol. The molecule has 2 aromatic rings. The summed E-state index contributed by atoms with van der Waals surface area (Å²) in [4.78, 5) is 13.0. The van der Waals surface area contributed by atoms with Crippen LogP contribution in [0.5, 0.6) is 0 Å². The first-order valence-electron chi connectivity index (χ1n) is 7.89. The fourth-order valence-corrected chi connectivity index (χ4v) is 5.21. The van der Waals surface area contributed by atoms with E-state index in [0.29, 0.717) is 22.9 Å². The van der Waals surface area contributed by atoms with Gasteiger partial charge >= 0.3 is 0 Å². The number of benzene rings is 1. The smallest absolute Gasteiger partial charge is 0.261 e. The Labute approximate surface area is 146 Å². The predicted octanol–water partition coefficient (Wildman–Crippen LogP) is 2.64. The number of hydrogen-bond acceptors (Lipinski definition) is 4. The zero-order valence-corrected chi connectivity index (χ0v) is 15.1. The minimum atomic E-state index is -3.52. The van der Waals surface area contributed by atoms with Gasteiger partial charge in [-0.2, -0.15) is 4.31 Å². The van der Waals surface area contributed by atoms with Crippen LogP contribution in [-0.4, -0.2) is 37.8 Å². The summed E-state index contributed by atoms with van der Waals surface area (Å²) in [6.07, 6.45) is 1.57. The molecule has 128 valence electrons. The number of nitrogens with zero attached hydrogens (tertiary/aromatic N) is 1. The van der Waals surface area contributed by atoms with Gasteiger partial charge in [-0.1, -0.05) is 23.8 Å². The largest absolute Gasteiger partial charge is 0.350 e. The Morgan fingerprint density at radius 1 is 1.29 bits per heavy atom. The van der Waals surface area contributed by atoms with E-state index in [4.69, 9.17) is 0 Å². The summed E-state index contributed by atoms with van der Waals surface area (Å²) < 4.78 is 27.2. The summed E-state index contributed by atoms with van der Waals surface area (Å²) in [5.41, 5.74) is 1.02. The van der Waals surface area contributed by atoms with E-state index in [-0.39, 0.29) is 11.9 Å². The fourth-order valence-electron chi connectivity index (χ4n) is 2.88. The number of carbonyl (C=O) groups excluding carboxylic acids is 1. The van der Waals surface area contributed by atoms with Gasteiger partial charge in [-0.3, -0.25) is 4.79 Å². The normalized spacial score (nSPS) is 18.6. The van der Waals surface area contributed by atoms with Gasteiger partial charge in [0.15, 0.2) is 0 Å². The third-order valence-electron chi connectivity index (χ3n) is 4.19. The standard InChI is InChI=1S/C17H20N2O3S2/c1-13-6-8-15(9-7-13)24(21,22)19-10-2-4-14(19)12-18-17(20)16-5-3-11-23-16/h3,5-9,11,14H,2,4,10,12H2,1H3,(H,18,20). The quantitative estimate of drug-likeness (QED) is 0.887. The van der Waals surface area contributed by atoms with E-state index in [1.54, 1.807) is 30.3 Å². The Kier molecular flexibility index (Phi) is 5.03. The molecule has 0 radical (unpaired) electrons. The van der Waals surface area contributed by atoms with E-state index in [1.165, 1.54) is 15.6 Å². The van der Waals surface area contributed by atoms with Crippen LogP contribution in [0.4, 0.5) is 0 Å². The molecular weight excluding hydrogens is 344 g/mol. The number of hydrogen-bond donors (Lipinski definition) is 1. The van der Waals surface area contributed by atoms with Gasteiger partial charge in [-0.25, -0.2) is 8.42 Å². The number of aryl methyl sites for hydroxylation is 1. The van der Waals surface area contributed by atoms with E-state index in [1.807, 2.05) is 18.4 Å². The Morgan fingerprint density at radius 2 is 2.04 bits per heavy atom. The maximum atomic E-state index is 12.8. The number of amides is 1. The van der Waals surface area contributed by atoms with Crippen molar-refractivity contribution < 1.29 is 13.2 Å². The van der Waals surface area contributed by atoms with E-state index < -0.39 is 10.0 Å². The number of nitrogens with one attached hydrogen (secondary N) is 1. The van der Waals surface area contributed by atoms with Gasteiger partial charge in [0, 0.05) is 19.1 Å². The maximum Gasteiger partial charge on any atom is 0.261 e. The lowest BCUT2D eigenvalue weighted by molar-refractivity contribution is 0.0950. The highest BCUT2D eigenvalue weighted by Crippen LogP contribution is 2.26. The van der Waals surface area contributed by atoms with Gasteiger partial charge in [-0.05, 0) is 43.3 Å². The van der Waals surface area contributed by atoms with Gasteiger partial charge in [0.2, 0.25) is 10.0 Å². The van der Waals surface area contributed by atoms with E-state index in [0.717, 1.165) is 18.4 Å². The summed E-state index contributed by atoms with van der Waals surface area (Å²) in [7, 11) is -3.52. The Morgan fingerprint density at radius 3 is 2.71 bits per heavy atom. The van der Waals surface area contributed by atoms with Gasteiger partial charge in [-0.15, -0.1) is 11.3 Å². The molecule has 24 heavy (non-hydrogen) atoms. The number of rotatable bonds is 5. The van der Waals surface area contributed by atoms with Gasteiger partial charge in [0.25, 0.3) is 5.91 Å². The van der Waals surface area contributed by atoms with Crippen molar-refractivity contribution in [3.63, 3.8) is 0 Å². The van der Waals surface area contributed by atoms with Crippen LogP contribution in [0.2, 0.25) is 0 Å². The molecule has 3 rings (SSSR count). The zero-order valence-electron chi connectivity index (χ0n) is 13.4. The van der Waals surface area contributed by atoms with Crippen LogP contribution in [0.15, 0.2) is 46.7 Å². The second-order valence-electron chi connectivity index (χ2n) is 5.91. The average Bonchev–Trinajstić information content (AvgIpc) is 3.24. The highest BCUT2D eigenvalue weighted by molar-refractivity contribution is 7.89. The van der Waals surface area contributed by atoms with Crippen molar-refractivity contribution in [1.29, 1.82) is 0 Å². The molecule has 2 heterocycles. The molecule has 5 nitrogen and oxygen atoms in total. The first kappa shape index (κ1) is 17.1. The highest BCUT2D eigenvalue weighted by Gasteiger charge is 2.35. The van der Waals surface area contributed by atoms with Crippen LogP contribution in [0.1, 0.15) is 28.1 Å². The molecule has 7 heteroatoms. The molecule has 1 aromatic carbocycles. The SMILES string of the molecule is Cc1ccc(S(=O)(=O)N2CCCC2CNC(=O)c2cccs2)cc1. The molecule has 1 aliphatic rings. The number of carbonyl (C=O) groups is 1. The Hall–Kier alpha value is -1.70. The molecule has 0 spiro atoms. The van der Waals surface area contributed by atoms with Gasteiger partial charge in [0.1, 0.15) is 0 Å². The second kappa shape index (κ2) is 7.04. The first-order valence-corrected chi connectivity index (χ1v) is 10.2. The Bertz CT molecular complexity index is 799. The molecule has 1 N–H and O–H groups in total. The minimum Gasteiger partial charge on any atom is -0.350 e. The molecule has 0 bridgehead atoms.